The van der Waals surface area contributed by atoms with Crippen LogP contribution in [0.4, 0.5) is 5.13 Å². The van der Waals surface area contributed by atoms with E-state index in [0.29, 0.717) is 31.4 Å². The zero-order chi connectivity index (χ0) is 16.2. The molecule has 0 aromatic carbocycles. The zero-order valence-electron chi connectivity index (χ0n) is 13.2. The van der Waals surface area contributed by atoms with Crippen LogP contribution in [0.15, 0.2) is 11.6 Å². The Labute approximate surface area is 138 Å². The number of nitrogens with one attached hydrogen (secondary N) is 1. The first-order chi connectivity index (χ1) is 11.1. The van der Waals surface area contributed by atoms with Crippen LogP contribution in [0.25, 0.3) is 0 Å². The molecule has 0 aliphatic carbocycles. The molecule has 3 heterocycles. The summed E-state index contributed by atoms with van der Waals surface area (Å²) in [5.74, 6) is -0.0754. The Kier molecular flexibility index (Phi) is 4.99. The summed E-state index contributed by atoms with van der Waals surface area (Å²) in [4.78, 5) is 14.1. The van der Waals surface area contributed by atoms with Crippen molar-refractivity contribution in [3.63, 3.8) is 0 Å². The molecule has 0 saturated carbocycles. The summed E-state index contributed by atoms with van der Waals surface area (Å²) in [7, 11) is 0. The molecule has 2 aromatic heterocycles. The minimum Gasteiger partial charge on any atom is -0.374 e. The van der Waals surface area contributed by atoms with Gasteiger partial charge in [0.25, 0.3) is 0 Å². The fraction of sp³-hybridized carbons (Fsp3) is 0.571. The van der Waals surface area contributed by atoms with Gasteiger partial charge in [-0.1, -0.05) is 11.3 Å². The fourth-order valence-electron chi connectivity index (χ4n) is 2.68. The van der Waals surface area contributed by atoms with Crippen molar-refractivity contribution in [3.8, 4) is 0 Å². The molecule has 0 radical (unpaired) electrons. The van der Waals surface area contributed by atoms with Crippen LogP contribution in [0.2, 0.25) is 0 Å². The van der Waals surface area contributed by atoms with Gasteiger partial charge in [-0.15, -0.1) is 10.2 Å². The average Bonchev–Trinajstić information content (AvgIpc) is 3.09. The number of carbonyl (C=O) groups is 1. The van der Waals surface area contributed by atoms with Crippen LogP contribution in [0.1, 0.15) is 11.4 Å². The number of nitrogens with zero attached hydrogens (tertiary/aromatic N) is 5. The standard InChI is InChI=1S/C14H20N6O2S/c1-10-5-11(2)20(18-10)7-12-6-19(3-4-22-12)8-13(21)16-14-17-15-9-23-14/h5,9,12H,3-4,6-8H2,1-2H3,(H,16,17,21). The van der Waals surface area contributed by atoms with Crippen molar-refractivity contribution in [2.45, 2.75) is 26.5 Å². The number of hydrogen-bond donors (Lipinski definition) is 1. The molecule has 1 fully saturated rings. The van der Waals surface area contributed by atoms with Gasteiger partial charge in [0.1, 0.15) is 5.51 Å². The van der Waals surface area contributed by atoms with E-state index in [1.165, 1.54) is 11.3 Å². The largest absolute Gasteiger partial charge is 0.374 e. The molecule has 0 bridgehead atoms. The molecule has 1 saturated heterocycles. The lowest BCUT2D eigenvalue weighted by molar-refractivity contribution is -0.119. The summed E-state index contributed by atoms with van der Waals surface area (Å²) in [5.41, 5.74) is 3.72. The van der Waals surface area contributed by atoms with Gasteiger partial charge in [0.05, 0.1) is 31.5 Å². The van der Waals surface area contributed by atoms with E-state index in [1.54, 1.807) is 5.51 Å². The summed E-state index contributed by atoms with van der Waals surface area (Å²) in [6, 6.07) is 2.05. The Morgan fingerprint density at radius 2 is 2.39 bits per heavy atom. The molecule has 23 heavy (non-hydrogen) atoms. The summed E-state index contributed by atoms with van der Waals surface area (Å²) in [6.45, 7) is 7.13. The molecule has 1 atom stereocenters. The molecule has 1 unspecified atom stereocenters. The number of carbonyl (C=O) groups excluding carboxylic acids is 1. The predicted molar refractivity (Wildman–Crippen MR) is 86.4 cm³/mol. The molecule has 9 heteroatoms. The highest BCUT2D eigenvalue weighted by Gasteiger charge is 2.23. The van der Waals surface area contributed by atoms with Gasteiger partial charge in [0, 0.05) is 18.8 Å². The van der Waals surface area contributed by atoms with Gasteiger partial charge < -0.3 is 4.74 Å². The number of morpholine rings is 1. The Morgan fingerprint density at radius 1 is 1.52 bits per heavy atom. The molecular weight excluding hydrogens is 316 g/mol. The van der Waals surface area contributed by atoms with E-state index in [1.807, 2.05) is 18.5 Å². The number of rotatable bonds is 5. The van der Waals surface area contributed by atoms with Crippen molar-refractivity contribution < 1.29 is 9.53 Å². The summed E-state index contributed by atoms with van der Waals surface area (Å²) < 4.78 is 7.77. The van der Waals surface area contributed by atoms with Crippen molar-refractivity contribution in [1.29, 1.82) is 0 Å². The number of anilines is 1. The van der Waals surface area contributed by atoms with Gasteiger partial charge in [-0.3, -0.25) is 19.7 Å². The third-order valence-electron chi connectivity index (χ3n) is 3.68. The minimum absolute atomic E-state index is 0.0380. The van der Waals surface area contributed by atoms with Crippen molar-refractivity contribution in [2.75, 3.05) is 31.6 Å². The van der Waals surface area contributed by atoms with Crippen LogP contribution in [0, 0.1) is 13.8 Å². The maximum Gasteiger partial charge on any atom is 0.240 e. The van der Waals surface area contributed by atoms with Crippen LogP contribution in [-0.4, -0.2) is 63.1 Å². The molecule has 1 N–H and O–H groups in total. The minimum atomic E-state index is -0.0754. The quantitative estimate of drug-likeness (QED) is 0.865. The first kappa shape index (κ1) is 16.0. The summed E-state index contributed by atoms with van der Waals surface area (Å²) in [6.07, 6.45) is 0.0380. The number of aromatic nitrogens is 4. The lowest BCUT2D eigenvalue weighted by Gasteiger charge is -2.32. The van der Waals surface area contributed by atoms with E-state index in [9.17, 15) is 4.79 Å². The smallest absolute Gasteiger partial charge is 0.240 e. The van der Waals surface area contributed by atoms with Crippen LogP contribution in [0.3, 0.4) is 0 Å². The van der Waals surface area contributed by atoms with E-state index in [-0.39, 0.29) is 12.0 Å². The maximum atomic E-state index is 12.0. The van der Waals surface area contributed by atoms with E-state index < -0.39 is 0 Å². The molecule has 1 aliphatic rings. The number of ether oxygens (including phenoxy) is 1. The second-order valence-electron chi connectivity index (χ2n) is 5.63. The van der Waals surface area contributed by atoms with E-state index in [0.717, 1.165) is 17.9 Å². The van der Waals surface area contributed by atoms with E-state index in [4.69, 9.17) is 4.74 Å². The monoisotopic (exact) mass is 336 g/mol. The van der Waals surface area contributed by atoms with Crippen molar-refractivity contribution in [3.05, 3.63) is 23.0 Å². The number of aryl methyl sites for hydroxylation is 2. The topological polar surface area (TPSA) is 85.2 Å². The Hall–Kier alpha value is -1.84. The zero-order valence-corrected chi connectivity index (χ0v) is 14.0. The normalized spacial score (nSPS) is 19.0. The fourth-order valence-corrected chi connectivity index (χ4v) is 3.14. The van der Waals surface area contributed by atoms with Gasteiger partial charge in [-0.25, -0.2) is 0 Å². The van der Waals surface area contributed by atoms with Gasteiger partial charge >= 0.3 is 0 Å². The second-order valence-corrected chi connectivity index (χ2v) is 6.46. The second kappa shape index (κ2) is 7.16. The average molecular weight is 336 g/mol. The number of hydrogen-bond acceptors (Lipinski definition) is 7. The van der Waals surface area contributed by atoms with Crippen molar-refractivity contribution in [1.82, 2.24) is 24.9 Å². The van der Waals surface area contributed by atoms with Crippen LogP contribution < -0.4 is 5.32 Å². The van der Waals surface area contributed by atoms with Crippen LogP contribution in [0.5, 0.6) is 0 Å². The molecule has 0 spiro atoms. The molecule has 1 amide bonds. The van der Waals surface area contributed by atoms with Gasteiger partial charge in [-0.2, -0.15) is 5.10 Å². The third-order valence-corrected chi connectivity index (χ3v) is 4.28. The molecule has 1 aliphatic heterocycles. The van der Waals surface area contributed by atoms with E-state index in [2.05, 4.69) is 31.6 Å². The summed E-state index contributed by atoms with van der Waals surface area (Å²) >= 11 is 1.31. The van der Waals surface area contributed by atoms with Crippen LogP contribution >= 0.6 is 11.3 Å². The summed E-state index contributed by atoms with van der Waals surface area (Å²) in [5, 5.41) is 15.3. The van der Waals surface area contributed by atoms with Crippen molar-refractivity contribution in [2.24, 2.45) is 0 Å². The predicted octanol–water partition coefficient (Wildman–Crippen LogP) is 0.691. The van der Waals surface area contributed by atoms with Gasteiger partial charge in [-0.05, 0) is 19.9 Å². The molecule has 3 rings (SSSR count). The Balaban J connectivity index is 1.51. The lowest BCUT2D eigenvalue weighted by Crippen LogP contribution is -2.47. The lowest BCUT2D eigenvalue weighted by atomic mass is 10.2. The van der Waals surface area contributed by atoms with E-state index >= 15 is 0 Å². The molecule has 124 valence electrons. The number of amides is 1. The molecule has 8 nitrogen and oxygen atoms in total. The third kappa shape index (κ3) is 4.34. The van der Waals surface area contributed by atoms with Gasteiger partial charge in [0.15, 0.2) is 0 Å². The first-order valence-electron chi connectivity index (χ1n) is 7.51. The highest BCUT2D eigenvalue weighted by molar-refractivity contribution is 7.13. The first-order valence-corrected chi connectivity index (χ1v) is 8.39. The molecular formula is C14H20N6O2S. The highest BCUT2D eigenvalue weighted by atomic mass is 32.1. The van der Waals surface area contributed by atoms with Crippen molar-refractivity contribution >= 4 is 22.4 Å². The maximum absolute atomic E-state index is 12.0. The highest BCUT2D eigenvalue weighted by Crippen LogP contribution is 2.11. The SMILES string of the molecule is Cc1cc(C)n(CC2CN(CC(=O)Nc3nncs3)CCO2)n1. The van der Waals surface area contributed by atoms with Crippen LogP contribution in [-0.2, 0) is 16.1 Å². The molecule has 2 aromatic rings. The Morgan fingerprint density at radius 3 is 3.09 bits per heavy atom. The Bertz CT molecular complexity index is 656. The van der Waals surface area contributed by atoms with Gasteiger partial charge in [0.2, 0.25) is 11.0 Å².